The van der Waals surface area contributed by atoms with Gasteiger partial charge in [0.1, 0.15) is 0 Å². The van der Waals surface area contributed by atoms with E-state index < -0.39 is 10.0 Å². The highest BCUT2D eigenvalue weighted by Gasteiger charge is 2.29. The number of hydrogen-bond donors (Lipinski definition) is 1. The maximum atomic E-state index is 12.9. The molecule has 0 amide bonds. The molecule has 2 aromatic rings. The van der Waals surface area contributed by atoms with Crippen LogP contribution in [0.1, 0.15) is 12.8 Å². The predicted octanol–water partition coefficient (Wildman–Crippen LogP) is 1.61. The average molecular weight is 305 g/mol. The Balaban J connectivity index is 1.98. The average Bonchev–Trinajstić information content (AvgIpc) is 2.54. The van der Waals surface area contributed by atoms with Crippen molar-refractivity contribution in [2.45, 2.75) is 23.8 Å². The molecule has 1 aromatic heterocycles. The van der Waals surface area contributed by atoms with Crippen molar-refractivity contribution in [3.05, 3.63) is 36.5 Å². The third-order valence-corrected chi connectivity index (χ3v) is 6.04. The van der Waals surface area contributed by atoms with E-state index in [0.29, 0.717) is 34.9 Å². The lowest BCUT2D eigenvalue weighted by Crippen LogP contribution is -2.43. The molecule has 1 saturated heterocycles. The Hall–Kier alpha value is -1.50. The van der Waals surface area contributed by atoms with Crippen molar-refractivity contribution >= 4 is 20.9 Å². The maximum absolute atomic E-state index is 12.9. The zero-order valence-corrected chi connectivity index (χ0v) is 12.8. The Morgan fingerprint density at radius 3 is 2.67 bits per heavy atom. The Morgan fingerprint density at radius 1 is 1.19 bits per heavy atom. The van der Waals surface area contributed by atoms with Gasteiger partial charge in [0.05, 0.1) is 10.4 Å². The number of nitrogens with zero attached hydrogens (tertiary/aromatic N) is 2. The summed E-state index contributed by atoms with van der Waals surface area (Å²) in [7, 11) is -1.53. The van der Waals surface area contributed by atoms with Gasteiger partial charge in [0.15, 0.2) is 0 Å². The van der Waals surface area contributed by atoms with Crippen LogP contribution < -0.4 is 5.32 Å². The highest BCUT2D eigenvalue weighted by atomic mass is 32.2. The van der Waals surface area contributed by atoms with Crippen molar-refractivity contribution in [2.24, 2.45) is 0 Å². The molecule has 0 bridgehead atoms. The Kier molecular flexibility index (Phi) is 3.93. The largest absolute Gasteiger partial charge is 0.317 e. The standard InChI is InChI=1S/C15H19N3O2S/c1-16-12-7-10-18(11-8-12)21(19,20)15-6-2-5-14-13(15)4-3-9-17-14/h2-6,9,12,16H,7-8,10-11H2,1H3. The number of piperidine rings is 1. The van der Waals surface area contributed by atoms with Gasteiger partial charge in [-0.15, -0.1) is 0 Å². The summed E-state index contributed by atoms with van der Waals surface area (Å²) >= 11 is 0. The van der Waals surface area contributed by atoms with E-state index in [-0.39, 0.29) is 0 Å². The summed E-state index contributed by atoms with van der Waals surface area (Å²) in [5, 5.41) is 3.90. The van der Waals surface area contributed by atoms with Crippen LogP contribution in [0.15, 0.2) is 41.4 Å². The first-order valence-corrected chi connectivity index (χ1v) is 8.58. The number of hydrogen-bond acceptors (Lipinski definition) is 4. The van der Waals surface area contributed by atoms with Crippen molar-refractivity contribution in [1.82, 2.24) is 14.6 Å². The van der Waals surface area contributed by atoms with Crippen LogP contribution in [0.5, 0.6) is 0 Å². The van der Waals surface area contributed by atoms with E-state index in [2.05, 4.69) is 10.3 Å². The van der Waals surface area contributed by atoms with Gasteiger partial charge in [0.2, 0.25) is 10.0 Å². The van der Waals surface area contributed by atoms with Gasteiger partial charge in [-0.3, -0.25) is 4.98 Å². The topological polar surface area (TPSA) is 62.3 Å². The van der Waals surface area contributed by atoms with E-state index in [0.717, 1.165) is 12.8 Å². The first-order chi connectivity index (χ1) is 10.1. The van der Waals surface area contributed by atoms with Crippen LogP contribution in [0.25, 0.3) is 10.9 Å². The second kappa shape index (κ2) is 5.71. The monoisotopic (exact) mass is 305 g/mol. The summed E-state index contributed by atoms with van der Waals surface area (Å²) in [5.74, 6) is 0. The number of nitrogens with one attached hydrogen (secondary N) is 1. The molecule has 1 fully saturated rings. The van der Waals surface area contributed by atoms with Gasteiger partial charge in [-0.1, -0.05) is 6.07 Å². The molecule has 1 N–H and O–H groups in total. The van der Waals surface area contributed by atoms with Crippen molar-refractivity contribution in [2.75, 3.05) is 20.1 Å². The maximum Gasteiger partial charge on any atom is 0.243 e. The summed E-state index contributed by atoms with van der Waals surface area (Å²) in [4.78, 5) is 4.59. The molecular weight excluding hydrogens is 286 g/mol. The van der Waals surface area contributed by atoms with E-state index in [1.54, 1.807) is 28.7 Å². The number of fused-ring (bicyclic) bond motifs is 1. The molecule has 112 valence electrons. The second-order valence-electron chi connectivity index (χ2n) is 5.29. The van der Waals surface area contributed by atoms with Gasteiger partial charge in [0.25, 0.3) is 0 Å². The fraction of sp³-hybridized carbons (Fsp3) is 0.400. The minimum atomic E-state index is -3.45. The van der Waals surface area contributed by atoms with E-state index in [1.807, 2.05) is 19.2 Å². The minimum Gasteiger partial charge on any atom is -0.317 e. The lowest BCUT2D eigenvalue weighted by atomic mass is 10.1. The normalized spacial score (nSPS) is 18.1. The molecule has 1 aromatic carbocycles. The highest BCUT2D eigenvalue weighted by molar-refractivity contribution is 7.89. The van der Waals surface area contributed by atoms with Crippen LogP contribution in [0.2, 0.25) is 0 Å². The Labute approximate surface area is 125 Å². The van der Waals surface area contributed by atoms with E-state index >= 15 is 0 Å². The minimum absolute atomic E-state index is 0.357. The summed E-state index contributed by atoms with van der Waals surface area (Å²) in [6.07, 6.45) is 3.37. The molecule has 1 aliphatic heterocycles. The van der Waals surface area contributed by atoms with Gasteiger partial charge in [-0.2, -0.15) is 4.31 Å². The van der Waals surface area contributed by atoms with Gasteiger partial charge in [-0.25, -0.2) is 8.42 Å². The quantitative estimate of drug-likeness (QED) is 0.936. The molecule has 21 heavy (non-hydrogen) atoms. The number of benzene rings is 1. The summed E-state index contributed by atoms with van der Waals surface area (Å²) in [6, 6.07) is 9.25. The number of pyridine rings is 1. The third kappa shape index (κ3) is 2.66. The number of rotatable bonds is 3. The summed E-state index contributed by atoms with van der Waals surface area (Å²) in [6.45, 7) is 1.12. The molecular formula is C15H19N3O2S. The van der Waals surface area contributed by atoms with Crippen molar-refractivity contribution < 1.29 is 8.42 Å². The fourth-order valence-electron chi connectivity index (χ4n) is 2.82. The number of sulfonamides is 1. The lowest BCUT2D eigenvalue weighted by Gasteiger charge is -2.31. The van der Waals surface area contributed by atoms with Gasteiger partial charge in [0, 0.05) is 30.7 Å². The summed E-state index contributed by atoms with van der Waals surface area (Å²) in [5.41, 5.74) is 0.712. The number of aromatic nitrogens is 1. The van der Waals surface area contributed by atoms with Crippen LogP contribution in [-0.2, 0) is 10.0 Å². The molecule has 1 aliphatic rings. The van der Waals surface area contributed by atoms with Crippen LogP contribution in [-0.4, -0.2) is 43.9 Å². The van der Waals surface area contributed by atoms with Crippen LogP contribution >= 0.6 is 0 Å². The SMILES string of the molecule is CNC1CCN(S(=O)(=O)c2cccc3ncccc23)CC1. The molecule has 3 rings (SSSR count). The smallest absolute Gasteiger partial charge is 0.243 e. The zero-order chi connectivity index (χ0) is 14.9. The van der Waals surface area contributed by atoms with Gasteiger partial charge < -0.3 is 5.32 Å². The van der Waals surface area contributed by atoms with Crippen molar-refractivity contribution in [1.29, 1.82) is 0 Å². The molecule has 0 radical (unpaired) electrons. The molecule has 0 spiro atoms. The van der Waals surface area contributed by atoms with Gasteiger partial charge in [-0.05, 0) is 44.2 Å². The van der Waals surface area contributed by atoms with Crippen LogP contribution in [0.4, 0.5) is 0 Å². The van der Waals surface area contributed by atoms with Crippen LogP contribution in [0, 0.1) is 0 Å². The van der Waals surface area contributed by atoms with Crippen molar-refractivity contribution in [3.63, 3.8) is 0 Å². The van der Waals surface area contributed by atoms with E-state index in [4.69, 9.17) is 0 Å². The molecule has 2 heterocycles. The zero-order valence-electron chi connectivity index (χ0n) is 12.0. The second-order valence-corrected chi connectivity index (χ2v) is 7.20. The molecule has 5 nitrogen and oxygen atoms in total. The van der Waals surface area contributed by atoms with E-state index in [9.17, 15) is 8.42 Å². The molecule has 0 atom stereocenters. The summed E-state index contributed by atoms with van der Waals surface area (Å²) < 4.78 is 27.3. The molecule has 0 unspecified atom stereocenters. The Bertz CT molecular complexity index is 732. The predicted molar refractivity (Wildman–Crippen MR) is 82.6 cm³/mol. The van der Waals surface area contributed by atoms with Crippen LogP contribution in [0.3, 0.4) is 0 Å². The fourth-order valence-corrected chi connectivity index (χ4v) is 4.49. The van der Waals surface area contributed by atoms with E-state index in [1.165, 1.54) is 0 Å². The lowest BCUT2D eigenvalue weighted by molar-refractivity contribution is 0.298. The molecule has 6 heteroatoms. The van der Waals surface area contributed by atoms with Crippen molar-refractivity contribution in [3.8, 4) is 0 Å². The first kappa shape index (κ1) is 14.4. The van der Waals surface area contributed by atoms with Gasteiger partial charge >= 0.3 is 0 Å². The first-order valence-electron chi connectivity index (χ1n) is 7.14. The molecule has 0 aliphatic carbocycles. The third-order valence-electron chi connectivity index (χ3n) is 4.09. The highest BCUT2D eigenvalue weighted by Crippen LogP contribution is 2.26. The molecule has 0 saturated carbocycles. The Morgan fingerprint density at radius 2 is 1.95 bits per heavy atom.